The second-order valence-corrected chi connectivity index (χ2v) is 8.76. The third kappa shape index (κ3) is 4.36. The van der Waals surface area contributed by atoms with E-state index in [1.54, 1.807) is 23.6 Å². The number of rotatable bonds is 3. The molecule has 0 atom stereocenters. The maximum Gasteiger partial charge on any atom is 0.272 e. The maximum atomic E-state index is 13.1. The second-order valence-electron chi connectivity index (χ2n) is 8.76. The average Bonchev–Trinajstić information content (AvgIpc) is 3.08. The maximum absolute atomic E-state index is 13.1. The molecule has 2 aromatic rings. The molecule has 0 unspecified atom stereocenters. The van der Waals surface area contributed by atoms with Gasteiger partial charge in [0.1, 0.15) is 5.69 Å². The van der Waals surface area contributed by atoms with Gasteiger partial charge in [0, 0.05) is 44.2 Å². The molecule has 1 aromatic carbocycles. The Labute approximate surface area is 183 Å². The Hall–Kier alpha value is -2.70. The van der Waals surface area contributed by atoms with Crippen molar-refractivity contribution in [2.24, 2.45) is 5.92 Å². The number of hydrogen-bond donors (Lipinski definition) is 0. The molecule has 7 heteroatoms. The van der Waals surface area contributed by atoms with Crippen LogP contribution in [0.4, 0.5) is 0 Å². The minimum atomic E-state index is -0.0924. The molecule has 0 saturated carbocycles. The van der Waals surface area contributed by atoms with E-state index in [0.717, 1.165) is 44.3 Å². The van der Waals surface area contributed by atoms with Crippen molar-refractivity contribution in [3.05, 3.63) is 39.8 Å². The summed E-state index contributed by atoms with van der Waals surface area (Å²) >= 11 is 0. The number of hydrogen-bond acceptors (Lipinski definition) is 4. The molecule has 0 radical (unpaired) electrons. The minimum absolute atomic E-state index is 0.0297. The summed E-state index contributed by atoms with van der Waals surface area (Å²) < 4.78 is 1.69. The highest BCUT2D eigenvalue weighted by Gasteiger charge is 2.30. The number of benzene rings is 1. The van der Waals surface area contributed by atoms with Crippen molar-refractivity contribution in [3.63, 3.8) is 0 Å². The molecule has 0 spiro atoms. The number of aromatic nitrogens is 2. The molecule has 2 saturated heterocycles. The van der Waals surface area contributed by atoms with Crippen molar-refractivity contribution < 1.29 is 9.59 Å². The van der Waals surface area contributed by atoms with Gasteiger partial charge in [-0.05, 0) is 57.7 Å². The Morgan fingerprint density at radius 1 is 1.00 bits per heavy atom. The molecule has 2 aliphatic heterocycles. The van der Waals surface area contributed by atoms with Gasteiger partial charge in [-0.3, -0.25) is 14.4 Å². The normalized spacial score (nSPS) is 18.3. The van der Waals surface area contributed by atoms with Crippen LogP contribution < -0.4 is 5.56 Å². The Balaban J connectivity index is 1.45. The molecular formula is C24H32N4O3. The summed E-state index contributed by atoms with van der Waals surface area (Å²) in [5, 5.41) is 0. The summed E-state index contributed by atoms with van der Waals surface area (Å²) in [5.74, 6) is 0.273. The van der Waals surface area contributed by atoms with Gasteiger partial charge in [0.2, 0.25) is 5.91 Å². The van der Waals surface area contributed by atoms with Gasteiger partial charge >= 0.3 is 0 Å². The van der Waals surface area contributed by atoms with Crippen molar-refractivity contribution in [3.8, 4) is 0 Å². The number of aryl methyl sites for hydroxylation is 2. The van der Waals surface area contributed by atoms with Crippen LogP contribution in [0.2, 0.25) is 0 Å². The van der Waals surface area contributed by atoms with E-state index >= 15 is 0 Å². The first-order valence-electron chi connectivity index (χ1n) is 11.6. The summed E-state index contributed by atoms with van der Waals surface area (Å²) in [5.41, 5.74) is 2.34. The van der Waals surface area contributed by atoms with Crippen molar-refractivity contribution >= 4 is 22.8 Å². The molecule has 2 aliphatic rings. The summed E-state index contributed by atoms with van der Waals surface area (Å²) in [4.78, 5) is 46.6. The third-order valence-corrected chi connectivity index (χ3v) is 6.72. The van der Waals surface area contributed by atoms with Crippen LogP contribution in [0, 0.1) is 12.8 Å². The number of likely N-dealkylation sites (tertiary alicyclic amines) is 2. The summed E-state index contributed by atoms with van der Waals surface area (Å²) in [6.07, 6.45) is 6.08. The number of carbonyl (C=O) groups excluding carboxylic acids is 2. The van der Waals surface area contributed by atoms with Crippen molar-refractivity contribution in [2.45, 2.75) is 58.9 Å². The van der Waals surface area contributed by atoms with E-state index in [9.17, 15) is 14.4 Å². The van der Waals surface area contributed by atoms with E-state index < -0.39 is 0 Å². The highest BCUT2D eigenvalue weighted by atomic mass is 16.2. The van der Waals surface area contributed by atoms with E-state index in [4.69, 9.17) is 0 Å². The number of carbonyl (C=O) groups is 2. The van der Waals surface area contributed by atoms with Crippen LogP contribution in [-0.4, -0.2) is 57.3 Å². The molecule has 31 heavy (non-hydrogen) atoms. The topological polar surface area (TPSA) is 75.5 Å². The Kier molecular flexibility index (Phi) is 6.39. The largest absolute Gasteiger partial charge is 0.342 e. The van der Waals surface area contributed by atoms with Crippen LogP contribution in [0.3, 0.4) is 0 Å². The second kappa shape index (κ2) is 9.20. The van der Waals surface area contributed by atoms with Crippen molar-refractivity contribution in [1.82, 2.24) is 19.4 Å². The third-order valence-electron chi connectivity index (χ3n) is 6.72. The van der Waals surface area contributed by atoms with Gasteiger partial charge in [-0.15, -0.1) is 0 Å². The lowest BCUT2D eigenvalue weighted by Crippen LogP contribution is -2.44. The monoisotopic (exact) mass is 424 g/mol. The van der Waals surface area contributed by atoms with E-state index in [1.165, 1.54) is 12.8 Å². The highest BCUT2D eigenvalue weighted by Crippen LogP contribution is 2.24. The first-order valence-corrected chi connectivity index (χ1v) is 11.6. The number of amides is 2. The molecule has 7 nitrogen and oxygen atoms in total. The van der Waals surface area contributed by atoms with Crippen LogP contribution in [0.5, 0.6) is 0 Å². The smallest absolute Gasteiger partial charge is 0.272 e. The standard InChI is InChI=1S/C24H32N4O3/c1-3-28-21-9-8-19(16-20(21)25-17(2)22(28)29)24(31)27-14-10-18(11-15-27)23(30)26-12-6-4-5-7-13-26/h8-9,16,18H,3-7,10-15H2,1-2H3. The van der Waals surface area contributed by atoms with Gasteiger partial charge in [-0.1, -0.05) is 12.8 Å². The van der Waals surface area contributed by atoms with Crippen LogP contribution in [-0.2, 0) is 11.3 Å². The predicted molar refractivity (Wildman–Crippen MR) is 120 cm³/mol. The zero-order valence-electron chi connectivity index (χ0n) is 18.6. The molecule has 2 fully saturated rings. The quantitative estimate of drug-likeness (QED) is 0.759. The van der Waals surface area contributed by atoms with Crippen molar-refractivity contribution in [2.75, 3.05) is 26.2 Å². The van der Waals surface area contributed by atoms with Gasteiger partial charge < -0.3 is 14.4 Å². The predicted octanol–water partition coefficient (Wildman–Crippen LogP) is 2.98. The SMILES string of the molecule is CCn1c(=O)c(C)nc2cc(C(=O)N3CCC(C(=O)N4CCCCCC4)CC3)ccc21. The number of nitrogens with zero attached hydrogens (tertiary/aromatic N) is 4. The zero-order valence-corrected chi connectivity index (χ0v) is 18.6. The van der Waals surface area contributed by atoms with E-state index in [1.807, 2.05) is 22.8 Å². The van der Waals surface area contributed by atoms with Gasteiger partial charge in [-0.2, -0.15) is 0 Å². The fraction of sp³-hybridized carbons (Fsp3) is 0.583. The number of piperidine rings is 1. The van der Waals surface area contributed by atoms with Crippen LogP contribution in [0.15, 0.2) is 23.0 Å². The average molecular weight is 425 g/mol. The van der Waals surface area contributed by atoms with Gasteiger partial charge in [0.15, 0.2) is 0 Å². The molecule has 0 bridgehead atoms. The molecule has 166 valence electrons. The summed E-state index contributed by atoms with van der Waals surface area (Å²) in [6, 6.07) is 5.38. The Morgan fingerprint density at radius 3 is 2.32 bits per heavy atom. The van der Waals surface area contributed by atoms with Crippen LogP contribution in [0.1, 0.15) is 61.5 Å². The van der Waals surface area contributed by atoms with E-state index in [2.05, 4.69) is 4.98 Å². The summed E-state index contributed by atoms with van der Waals surface area (Å²) in [7, 11) is 0. The highest BCUT2D eigenvalue weighted by molar-refractivity contribution is 5.97. The molecule has 0 aliphatic carbocycles. The van der Waals surface area contributed by atoms with Crippen LogP contribution in [0.25, 0.3) is 11.0 Å². The minimum Gasteiger partial charge on any atom is -0.342 e. The Bertz CT molecular complexity index is 1030. The fourth-order valence-corrected chi connectivity index (χ4v) is 4.88. The molecule has 0 N–H and O–H groups in total. The lowest BCUT2D eigenvalue weighted by molar-refractivity contribution is -0.136. The van der Waals surface area contributed by atoms with E-state index in [-0.39, 0.29) is 23.3 Å². The lowest BCUT2D eigenvalue weighted by atomic mass is 9.94. The first kappa shape index (κ1) is 21.5. The molecule has 2 amide bonds. The van der Waals surface area contributed by atoms with Crippen LogP contribution >= 0.6 is 0 Å². The van der Waals surface area contributed by atoms with Crippen molar-refractivity contribution in [1.29, 1.82) is 0 Å². The molecule has 4 rings (SSSR count). The van der Waals surface area contributed by atoms with Gasteiger partial charge in [0.05, 0.1) is 11.0 Å². The molecule has 1 aromatic heterocycles. The number of fused-ring (bicyclic) bond motifs is 1. The molecular weight excluding hydrogens is 392 g/mol. The van der Waals surface area contributed by atoms with E-state index in [0.29, 0.717) is 36.4 Å². The zero-order chi connectivity index (χ0) is 22.0. The van der Waals surface area contributed by atoms with Gasteiger partial charge in [0.25, 0.3) is 11.5 Å². The molecule has 3 heterocycles. The Morgan fingerprint density at radius 2 is 1.68 bits per heavy atom. The fourth-order valence-electron chi connectivity index (χ4n) is 4.88. The first-order chi connectivity index (χ1) is 15.0. The lowest BCUT2D eigenvalue weighted by Gasteiger charge is -2.34. The summed E-state index contributed by atoms with van der Waals surface area (Å²) in [6.45, 7) is 7.15. The van der Waals surface area contributed by atoms with Gasteiger partial charge in [-0.25, -0.2) is 4.98 Å².